The SMILES string of the molecule is O=C(NCCc1ccc(F)cc1Cl)c1ccccc1. The Morgan fingerprint density at radius 2 is 1.89 bits per heavy atom. The fraction of sp³-hybridized carbons (Fsp3) is 0.133. The summed E-state index contributed by atoms with van der Waals surface area (Å²) in [6.45, 7) is 0.457. The minimum atomic E-state index is -0.359. The molecule has 0 unspecified atom stereocenters. The molecule has 0 aliphatic rings. The van der Waals surface area contributed by atoms with Crippen LogP contribution in [0.15, 0.2) is 48.5 Å². The van der Waals surface area contributed by atoms with Crippen molar-refractivity contribution in [3.05, 3.63) is 70.5 Å². The van der Waals surface area contributed by atoms with E-state index in [0.29, 0.717) is 23.6 Å². The van der Waals surface area contributed by atoms with Crippen LogP contribution in [-0.4, -0.2) is 12.5 Å². The van der Waals surface area contributed by atoms with Crippen molar-refractivity contribution in [2.75, 3.05) is 6.54 Å². The van der Waals surface area contributed by atoms with Crippen molar-refractivity contribution in [2.24, 2.45) is 0 Å². The second kappa shape index (κ2) is 6.34. The molecule has 1 amide bonds. The maximum Gasteiger partial charge on any atom is 0.251 e. The molecule has 0 aromatic heterocycles. The van der Waals surface area contributed by atoms with Crippen LogP contribution in [0.2, 0.25) is 5.02 Å². The number of amides is 1. The smallest absolute Gasteiger partial charge is 0.251 e. The third-order valence-electron chi connectivity index (χ3n) is 2.73. The van der Waals surface area contributed by atoms with Gasteiger partial charge in [0.25, 0.3) is 5.91 Å². The molecule has 0 saturated carbocycles. The van der Waals surface area contributed by atoms with E-state index in [2.05, 4.69) is 5.32 Å². The Morgan fingerprint density at radius 3 is 2.58 bits per heavy atom. The van der Waals surface area contributed by atoms with Gasteiger partial charge in [-0.15, -0.1) is 0 Å². The predicted octanol–water partition coefficient (Wildman–Crippen LogP) is 3.45. The van der Waals surface area contributed by atoms with Crippen LogP contribution in [0.1, 0.15) is 15.9 Å². The van der Waals surface area contributed by atoms with Crippen molar-refractivity contribution in [2.45, 2.75) is 6.42 Å². The van der Waals surface area contributed by atoms with Crippen LogP contribution in [-0.2, 0) is 6.42 Å². The van der Waals surface area contributed by atoms with Crippen molar-refractivity contribution in [3.63, 3.8) is 0 Å². The Kier molecular flexibility index (Phi) is 4.53. The number of rotatable bonds is 4. The quantitative estimate of drug-likeness (QED) is 0.911. The highest BCUT2D eigenvalue weighted by molar-refractivity contribution is 6.31. The maximum absolute atomic E-state index is 12.9. The summed E-state index contributed by atoms with van der Waals surface area (Å²) >= 11 is 5.91. The minimum absolute atomic E-state index is 0.126. The fourth-order valence-corrected chi connectivity index (χ4v) is 1.99. The van der Waals surface area contributed by atoms with E-state index in [-0.39, 0.29) is 11.7 Å². The van der Waals surface area contributed by atoms with Crippen LogP contribution in [0.3, 0.4) is 0 Å². The van der Waals surface area contributed by atoms with Crippen molar-refractivity contribution in [3.8, 4) is 0 Å². The second-order valence-electron chi connectivity index (χ2n) is 4.11. The monoisotopic (exact) mass is 277 g/mol. The van der Waals surface area contributed by atoms with Gasteiger partial charge in [0.05, 0.1) is 0 Å². The lowest BCUT2D eigenvalue weighted by atomic mass is 10.1. The number of hydrogen-bond acceptors (Lipinski definition) is 1. The molecule has 0 fully saturated rings. The van der Waals surface area contributed by atoms with Crippen molar-refractivity contribution in [1.82, 2.24) is 5.32 Å². The molecule has 1 N–H and O–H groups in total. The molecule has 0 heterocycles. The van der Waals surface area contributed by atoms with Gasteiger partial charge in [0.15, 0.2) is 0 Å². The van der Waals surface area contributed by atoms with Crippen LogP contribution in [0.5, 0.6) is 0 Å². The van der Waals surface area contributed by atoms with Crippen LogP contribution < -0.4 is 5.32 Å². The lowest BCUT2D eigenvalue weighted by Crippen LogP contribution is -2.25. The Bertz CT molecular complexity index is 572. The number of hydrogen-bond donors (Lipinski definition) is 1. The zero-order valence-electron chi connectivity index (χ0n) is 10.2. The number of nitrogens with one attached hydrogen (secondary N) is 1. The van der Waals surface area contributed by atoms with Gasteiger partial charge < -0.3 is 5.32 Å². The summed E-state index contributed by atoms with van der Waals surface area (Å²) in [4.78, 5) is 11.8. The predicted molar refractivity (Wildman–Crippen MR) is 73.9 cm³/mol. The molecule has 98 valence electrons. The summed E-state index contributed by atoms with van der Waals surface area (Å²) in [6, 6.07) is 13.2. The molecule has 2 aromatic carbocycles. The van der Waals surface area contributed by atoms with E-state index in [0.717, 1.165) is 5.56 Å². The molecule has 2 nitrogen and oxygen atoms in total. The molecule has 0 aliphatic heterocycles. The lowest BCUT2D eigenvalue weighted by Gasteiger charge is -2.07. The Labute approximate surface area is 116 Å². The maximum atomic E-state index is 12.9. The summed E-state index contributed by atoms with van der Waals surface area (Å²) in [5.41, 5.74) is 1.43. The summed E-state index contributed by atoms with van der Waals surface area (Å²) in [6.07, 6.45) is 0.567. The zero-order valence-corrected chi connectivity index (χ0v) is 11.0. The first-order valence-corrected chi connectivity index (χ1v) is 6.32. The first kappa shape index (κ1) is 13.6. The molecule has 2 aromatic rings. The molecular weight excluding hydrogens is 265 g/mol. The van der Waals surface area contributed by atoms with Gasteiger partial charge in [-0.1, -0.05) is 35.9 Å². The van der Waals surface area contributed by atoms with E-state index in [9.17, 15) is 9.18 Å². The van der Waals surface area contributed by atoms with E-state index in [1.807, 2.05) is 18.2 Å². The Morgan fingerprint density at radius 1 is 1.16 bits per heavy atom. The number of halogens is 2. The normalized spacial score (nSPS) is 10.2. The molecule has 0 aliphatic carbocycles. The summed E-state index contributed by atoms with van der Waals surface area (Å²) in [5, 5.41) is 3.18. The standard InChI is InChI=1S/C15H13ClFNO/c16-14-10-13(17)7-6-11(14)8-9-18-15(19)12-4-2-1-3-5-12/h1-7,10H,8-9H2,(H,18,19). The van der Waals surface area contributed by atoms with Gasteiger partial charge in [-0.3, -0.25) is 4.79 Å². The Balaban J connectivity index is 1.88. The molecule has 0 radical (unpaired) electrons. The highest BCUT2D eigenvalue weighted by Crippen LogP contribution is 2.17. The summed E-state index contributed by atoms with van der Waals surface area (Å²) < 4.78 is 12.9. The van der Waals surface area contributed by atoms with E-state index in [1.165, 1.54) is 12.1 Å². The Hall–Kier alpha value is -1.87. The van der Waals surface area contributed by atoms with E-state index < -0.39 is 0 Å². The van der Waals surface area contributed by atoms with Crippen LogP contribution >= 0.6 is 11.6 Å². The van der Waals surface area contributed by atoms with Crippen LogP contribution in [0.4, 0.5) is 4.39 Å². The zero-order chi connectivity index (χ0) is 13.7. The number of carbonyl (C=O) groups excluding carboxylic acids is 1. The third-order valence-corrected chi connectivity index (χ3v) is 3.08. The molecule has 19 heavy (non-hydrogen) atoms. The third kappa shape index (κ3) is 3.80. The second-order valence-corrected chi connectivity index (χ2v) is 4.51. The molecule has 4 heteroatoms. The largest absolute Gasteiger partial charge is 0.352 e. The summed E-state index contributed by atoms with van der Waals surface area (Å²) in [5.74, 6) is -0.485. The van der Waals surface area contributed by atoms with Gasteiger partial charge in [0.2, 0.25) is 0 Å². The molecule has 0 saturated heterocycles. The van der Waals surface area contributed by atoms with E-state index in [4.69, 9.17) is 11.6 Å². The molecule has 0 atom stereocenters. The van der Waals surface area contributed by atoms with Crippen LogP contribution in [0.25, 0.3) is 0 Å². The molecule has 0 spiro atoms. The minimum Gasteiger partial charge on any atom is -0.352 e. The molecular formula is C15H13ClFNO. The first-order chi connectivity index (χ1) is 9.16. The van der Waals surface area contributed by atoms with Gasteiger partial charge in [-0.2, -0.15) is 0 Å². The highest BCUT2D eigenvalue weighted by atomic mass is 35.5. The average Bonchev–Trinajstić information content (AvgIpc) is 2.42. The fourth-order valence-electron chi connectivity index (χ4n) is 1.73. The van der Waals surface area contributed by atoms with E-state index >= 15 is 0 Å². The van der Waals surface area contributed by atoms with Gasteiger partial charge in [-0.05, 0) is 36.2 Å². The van der Waals surface area contributed by atoms with Crippen LogP contribution in [0, 0.1) is 5.82 Å². The van der Waals surface area contributed by atoms with Gasteiger partial charge in [0.1, 0.15) is 5.82 Å². The van der Waals surface area contributed by atoms with Gasteiger partial charge >= 0.3 is 0 Å². The van der Waals surface area contributed by atoms with Crippen molar-refractivity contribution >= 4 is 17.5 Å². The molecule has 0 bridgehead atoms. The van der Waals surface area contributed by atoms with Crippen molar-refractivity contribution < 1.29 is 9.18 Å². The van der Waals surface area contributed by atoms with Crippen molar-refractivity contribution in [1.29, 1.82) is 0 Å². The van der Waals surface area contributed by atoms with Gasteiger partial charge in [-0.25, -0.2) is 4.39 Å². The van der Waals surface area contributed by atoms with E-state index in [1.54, 1.807) is 18.2 Å². The number of benzene rings is 2. The topological polar surface area (TPSA) is 29.1 Å². The number of carbonyl (C=O) groups is 1. The van der Waals surface area contributed by atoms with Gasteiger partial charge in [0, 0.05) is 17.1 Å². The first-order valence-electron chi connectivity index (χ1n) is 5.94. The lowest BCUT2D eigenvalue weighted by molar-refractivity contribution is 0.0954. The molecule has 2 rings (SSSR count). The summed E-state index contributed by atoms with van der Waals surface area (Å²) in [7, 11) is 0. The average molecular weight is 278 g/mol. The highest BCUT2D eigenvalue weighted by Gasteiger charge is 2.05.